The van der Waals surface area contributed by atoms with Gasteiger partial charge in [-0.1, -0.05) is 30.3 Å². The molecule has 0 saturated carbocycles. The van der Waals surface area contributed by atoms with E-state index in [4.69, 9.17) is 4.74 Å². The number of nitrogens with zero attached hydrogens (tertiary/aromatic N) is 2. The first-order valence-corrected chi connectivity index (χ1v) is 6.34. The van der Waals surface area contributed by atoms with Crippen LogP contribution in [0.15, 0.2) is 42.7 Å². The third-order valence-corrected chi connectivity index (χ3v) is 2.90. The average Bonchev–Trinajstić information content (AvgIpc) is 2.46. The molecule has 0 aliphatic rings. The lowest BCUT2D eigenvalue weighted by molar-refractivity contribution is 0.166. The Morgan fingerprint density at radius 1 is 1.16 bits per heavy atom. The van der Waals surface area contributed by atoms with Gasteiger partial charge < -0.3 is 10.1 Å². The molecule has 0 aliphatic carbocycles. The molecule has 100 valence electrons. The molecule has 0 aliphatic heterocycles. The number of ether oxygens (including phenoxy) is 1. The van der Waals surface area contributed by atoms with E-state index in [1.807, 2.05) is 25.1 Å². The highest BCUT2D eigenvalue weighted by molar-refractivity contribution is 5.19. The van der Waals surface area contributed by atoms with Crippen LogP contribution in [0.4, 0.5) is 0 Å². The van der Waals surface area contributed by atoms with Crippen LogP contribution in [0.2, 0.25) is 0 Å². The van der Waals surface area contributed by atoms with E-state index in [1.165, 1.54) is 5.56 Å². The van der Waals surface area contributed by atoms with E-state index in [0.717, 1.165) is 11.4 Å². The van der Waals surface area contributed by atoms with Crippen LogP contribution >= 0.6 is 0 Å². The Kier molecular flexibility index (Phi) is 5.01. The van der Waals surface area contributed by atoms with E-state index < -0.39 is 0 Å². The van der Waals surface area contributed by atoms with Crippen molar-refractivity contribution < 1.29 is 4.74 Å². The summed E-state index contributed by atoms with van der Waals surface area (Å²) in [5.74, 6) is 0. The lowest BCUT2D eigenvalue weighted by Crippen LogP contribution is -2.25. The number of nitrogens with one attached hydrogen (secondary N) is 1. The molecule has 0 bridgehead atoms. The second-order valence-corrected chi connectivity index (χ2v) is 4.45. The molecule has 0 saturated heterocycles. The Balaban J connectivity index is 1.99. The zero-order valence-corrected chi connectivity index (χ0v) is 11.3. The first kappa shape index (κ1) is 13.6. The third kappa shape index (κ3) is 4.12. The summed E-state index contributed by atoms with van der Waals surface area (Å²) in [5.41, 5.74) is 3.08. The number of aryl methyl sites for hydroxylation is 1. The summed E-state index contributed by atoms with van der Waals surface area (Å²) in [5, 5.41) is 3.45. The van der Waals surface area contributed by atoms with Crippen molar-refractivity contribution in [3.8, 4) is 0 Å². The highest BCUT2D eigenvalue weighted by Crippen LogP contribution is 2.13. The second kappa shape index (κ2) is 6.97. The molecule has 2 rings (SSSR count). The smallest absolute Gasteiger partial charge is 0.0724 e. The minimum atomic E-state index is 0.161. The van der Waals surface area contributed by atoms with Gasteiger partial charge in [-0.3, -0.25) is 9.97 Å². The molecule has 0 radical (unpaired) electrons. The van der Waals surface area contributed by atoms with E-state index >= 15 is 0 Å². The maximum Gasteiger partial charge on any atom is 0.0724 e. The van der Waals surface area contributed by atoms with Gasteiger partial charge >= 0.3 is 0 Å². The molecule has 19 heavy (non-hydrogen) atoms. The van der Waals surface area contributed by atoms with E-state index in [9.17, 15) is 0 Å². The monoisotopic (exact) mass is 257 g/mol. The van der Waals surface area contributed by atoms with E-state index in [-0.39, 0.29) is 6.04 Å². The summed E-state index contributed by atoms with van der Waals surface area (Å²) in [7, 11) is 1.71. The minimum absolute atomic E-state index is 0.161. The first-order chi connectivity index (χ1) is 9.29. The van der Waals surface area contributed by atoms with Gasteiger partial charge in [0.25, 0.3) is 0 Å². The van der Waals surface area contributed by atoms with Gasteiger partial charge in [0.2, 0.25) is 0 Å². The topological polar surface area (TPSA) is 47.0 Å². The van der Waals surface area contributed by atoms with Crippen LogP contribution in [-0.2, 0) is 11.3 Å². The predicted octanol–water partition coefficient (Wildman–Crippen LogP) is 2.26. The molecule has 4 heteroatoms. The highest BCUT2D eigenvalue weighted by atomic mass is 16.5. The van der Waals surface area contributed by atoms with Gasteiger partial charge in [-0.05, 0) is 12.5 Å². The molecule has 2 aromatic rings. The van der Waals surface area contributed by atoms with Crippen LogP contribution < -0.4 is 5.32 Å². The van der Waals surface area contributed by atoms with Crippen LogP contribution in [0.1, 0.15) is 23.0 Å². The van der Waals surface area contributed by atoms with E-state index in [0.29, 0.717) is 13.2 Å². The van der Waals surface area contributed by atoms with Gasteiger partial charge in [0.05, 0.1) is 24.0 Å². The summed E-state index contributed by atoms with van der Waals surface area (Å²) in [4.78, 5) is 8.58. The molecule has 0 amide bonds. The molecule has 1 atom stereocenters. The fraction of sp³-hybridized carbons (Fsp3) is 0.333. The number of hydrogen-bond donors (Lipinski definition) is 1. The average molecular weight is 257 g/mol. The van der Waals surface area contributed by atoms with Crippen LogP contribution in [-0.4, -0.2) is 23.7 Å². The zero-order valence-electron chi connectivity index (χ0n) is 11.3. The van der Waals surface area contributed by atoms with Crippen LogP contribution in [0.3, 0.4) is 0 Å². The van der Waals surface area contributed by atoms with Gasteiger partial charge in [-0.15, -0.1) is 0 Å². The molecule has 1 unspecified atom stereocenters. The van der Waals surface area contributed by atoms with Crippen molar-refractivity contribution >= 4 is 0 Å². The molecule has 0 fully saturated rings. The Hall–Kier alpha value is -1.78. The Bertz CT molecular complexity index is 485. The number of aromatic nitrogens is 2. The van der Waals surface area contributed by atoms with Crippen molar-refractivity contribution in [2.45, 2.75) is 19.5 Å². The van der Waals surface area contributed by atoms with Crippen LogP contribution in [0.5, 0.6) is 0 Å². The fourth-order valence-corrected chi connectivity index (χ4v) is 1.86. The maximum absolute atomic E-state index is 5.27. The van der Waals surface area contributed by atoms with Crippen molar-refractivity contribution in [1.82, 2.24) is 15.3 Å². The zero-order chi connectivity index (χ0) is 13.5. The number of benzene rings is 1. The van der Waals surface area contributed by atoms with Crippen LogP contribution in [0.25, 0.3) is 0 Å². The molecule has 4 nitrogen and oxygen atoms in total. The van der Waals surface area contributed by atoms with Crippen molar-refractivity contribution in [3.05, 3.63) is 59.7 Å². The van der Waals surface area contributed by atoms with Gasteiger partial charge in [-0.2, -0.15) is 0 Å². The second-order valence-electron chi connectivity index (χ2n) is 4.45. The standard InChI is InChI=1S/C15H19N3O/c1-12-8-17-14(9-16-12)10-18-15(11-19-2)13-6-4-3-5-7-13/h3-9,15,18H,10-11H2,1-2H3. The SMILES string of the molecule is COCC(NCc1cnc(C)cn1)c1ccccc1. The molecule has 1 aromatic heterocycles. The molecular formula is C15H19N3O. The Morgan fingerprint density at radius 2 is 1.95 bits per heavy atom. The molecule has 1 N–H and O–H groups in total. The van der Waals surface area contributed by atoms with Crippen molar-refractivity contribution in [2.24, 2.45) is 0 Å². The van der Waals surface area contributed by atoms with Crippen molar-refractivity contribution in [2.75, 3.05) is 13.7 Å². The summed E-state index contributed by atoms with van der Waals surface area (Å²) < 4.78 is 5.27. The maximum atomic E-state index is 5.27. The van der Waals surface area contributed by atoms with Gasteiger partial charge in [0.15, 0.2) is 0 Å². The number of methoxy groups -OCH3 is 1. The number of hydrogen-bond acceptors (Lipinski definition) is 4. The molecular weight excluding hydrogens is 238 g/mol. The van der Waals surface area contributed by atoms with E-state index in [1.54, 1.807) is 19.5 Å². The summed E-state index contributed by atoms with van der Waals surface area (Å²) in [6, 6.07) is 10.4. The lowest BCUT2D eigenvalue weighted by atomic mass is 10.1. The van der Waals surface area contributed by atoms with Crippen LogP contribution in [0, 0.1) is 6.92 Å². The highest BCUT2D eigenvalue weighted by Gasteiger charge is 2.10. The third-order valence-electron chi connectivity index (χ3n) is 2.90. The summed E-state index contributed by atoms with van der Waals surface area (Å²) >= 11 is 0. The first-order valence-electron chi connectivity index (χ1n) is 6.34. The van der Waals surface area contributed by atoms with Gasteiger partial charge in [0, 0.05) is 26.0 Å². The molecule has 1 aromatic carbocycles. The predicted molar refractivity (Wildman–Crippen MR) is 74.7 cm³/mol. The largest absolute Gasteiger partial charge is 0.383 e. The normalized spacial score (nSPS) is 12.3. The van der Waals surface area contributed by atoms with E-state index in [2.05, 4.69) is 27.4 Å². The summed E-state index contributed by atoms with van der Waals surface area (Å²) in [6.07, 6.45) is 3.59. The number of rotatable bonds is 6. The molecule has 0 spiro atoms. The van der Waals surface area contributed by atoms with Crippen molar-refractivity contribution in [1.29, 1.82) is 0 Å². The Labute approximate surface area is 113 Å². The lowest BCUT2D eigenvalue weighted by Gasteiger charge is -2.18. The van der Waals surface area contributed by atoms with Gasteiger partial charge in [0.1, 0.15) is 0 Å². The summed E-state index contributed by atoms with van der Waals surface area (Å²) in [6.45, 7) is 3.24. The fourth-order valence-electron chi connectivity index (χ4n) is 1.86. The van der Waals surface area contributed by atoms with Crippen molar-refractivity contribution in [3.63, 3.8) is 0 Å². The minimum Gasteiger partial charge on any atom is -0.383 e. The Morgan fingerprint density at radius 3 is 2.58 bits per heavy atom. The van der Waals surface area contributed by atoms with Gasteiger partial charge in [-0.25, -0.2) is 0 Å². The quantitative estimate of drug-likeness (QED) is 0.862. The molecule has 1 heterocycles.